The Morgan fingerprint density at radius 2 is 0.867 bits per heavy atom. The number of benzene rings is 7. The molecule has 0 heteroatoms. The molecule has 0 spiro atoms. The SMILES string of the molecule is Cc1c(C)c(C)c2c(-c3cccc4ccccc34)c3c(C)c(C)c(C)c(C)c3c(-c3ccc4c(c3)-c3ccccc3C4)c2c1C. The molecule has 0 fully saturated rings. The van der Waals surface area contributed by atoms with Crippen LogP contribution in [0.1, 0.15) is 55.6 Å². The van der Waals surface area contributed by atoms with E-state index in [1.165, 1.54) is 121 Å². The molecule has 0 aromatic heterocycles. The van der Waals surface area contributed by atoms with Crippen LogP contribution in [-0.2, 0) is 6.42 Å². The van der Waals surface area contributed by atoms with Gasteiger partial charge in [0.2, 0.25) is 0 Å². The molecule has 1 aliphatic carbocycles. The first-order chi connectivity index (χ1) is 21.7. The zero-order chi connectivity index (χ0) is 31.3. The predicted octanol–water partition coefficient (Wildman–Crippen LogP) is 12.5. The first-order valence-electron chi connectivity index (χ1n) is 16.3. The van der Waals surface area contributed by atoms with Crippen molar-refractivity contribution in [2.75, 3.05) is 0 Å². The van der Waals surface area contributed by atoms with E-state index in [9.17, 15) is 0 Å². The van der Waals surface area contributed by atoms with E-state index in [2.05, 4.69) is 140 Å². The van der Waals surface area contributed by atoms with Crippen molar-refractivity contribution in [1.82, 2.24) is 0 Å². The maximum Gasteiger partial charge on any atom is -0.00134 e. The molecule has 0 amide bonds. The Kier molecular flexibility index (Phi) is 6.13. The van der Waals surface area contributed by atoms with Crippen LogP contribution in [0.3, 0.4) is 0 Å². The van der Waals surface area contributed by atoms with Crippen LogP contribution in [0, 0.1) is 55.4 Å². The zero-order valence-corrected chi connectivity index (χ0v) is 27.8. The lowest BCUT2D eigenvalue weighted by Gasteiger charge is -2.27. The molecule has 0 radical (unpaired) electrons. The van der Waals surface area contributed by atoms with Gasteiger partial charge in [0.05, 0.1) is 0 Å². The van der Waals surface area contributed by atoms with Gasteiger partial charge in [-0.3, -0.25) is 0 Å². The van der Waals surface area contributed by atoms with Crippen LogP contribution >= 0.6 is 0 Å². The van der Waals surface area contributed by atoms with Gasteiger partial charge >= 0.3 is 0 Å². The summed E-state index contributed by atoms with van der Waals surface area (Å²) < 4.78 is 0. The Hall–Kier alpha value is -4.68. The van der Waals surface area contributed by atoms with Crippen molar-refractivity contribution >= 4 is 32.3 Å². The Balaban J connectivity index is 1.66. The Morgan fingerprint density at radius 1 is 0.378 bits per heavy atom. The Labute approximate surface area is 267 Å². The molecule has 0 saturated heterocycles. The predicted molar refractivity (Wildman–Crippen MR) is 196 cm³/mol. The first-order valence-corrected chi connectivity index (χ1v) is 16.3. The third-order valence-corrected chi connectivity index (χ3v) is 11.5. The van der Waals surface area contributed by atoms with Gasteiger partial charge in [-0.1, -0.05) is 78.9 Å². The van der Waals surface area contributed by atoms with Crippen molar-refractivity contribution < 1.29 is 0 Å². The number of rotatable bonds is 2. The Morgan fingerprint density at radius 3 is 1.51 bits per heavy atom. The highest BCUT2D eigenvalue weighted by atomic mass is 14.3. The second-order valence-corrected chi connectivity index (χ2v) is 13.5. The topological polar surface area (TPSA) is 0 Å². The van der Waals surface area contributed by atoms with Crippen molar-refractivity contribution in [1.29, 1.82) is 0 Å². The van der Waals surface area contributed by atoms with Crippen molar-refractivity contribution in [3.05, 3.63) is 141 Å². The van der Waals surface area contributed by atoms with Crippen LogP contribution in [0.2, 0.25) is 0 Å². The molecule has 0 nitrogen and oxygen atoms in total. The van der Waals surface area contributed by atoms with Crippen molar-refractivity contribution in [2.45, 2.75) is 61.8 Å². The molecule has 45 heavy (non-hydrogen) atoms. The minimum atomic E-state index is 1.01. The summed E-state index contributed by atoms with van der Waals surface area (Å²) in [6.45, 7) is 18.7. The van der Waals surface area contributed by atoms with Gasteiger partial charge in [0.1, 0.15) is 0 Å². The van der Waals surface area contributed by atoms with Gasteiger partial charge in [-0.15, -0.1) is 0 Å². The van der Waals surface area contributed by atoms with Gasteiger partial charge < -0.3 is 0 Å². The maximum atomic E-state index is 2.50. The average Bonchev–Trinajstić information content (AvgIpc) is 3.44. The largest absolute Gasteiger partial charge is 0.0619 e. The van der Waals surface area contributed by atoms with Crippen LogP contribution in [0.5, 0.6) is 0 Å². The smallest absolute Gasteiger partial charge is 0.00134 e. The highest BCUT2D eigenvalue weighted by molar-refractivity contribution is 6.27. The third kappa shape index (κ3) is 3.78. The fraction of sp³-hybridized carbons (Fsp3) is 0.200. The minimum absolute atomic E-state index is 1.01. The number of hydrogen-bond acceptors (Lipinski definition) is 0. The molecule has 220 valence electrons. The van der Waals surface area contributed by atoms with E-state index in [-0.39, 0.29) is 0 Å². The molecule has 0 unspecified atom stereocenters. The van der Waals surface area contributed by atoms with E-state index in [1.54, 1.807) is 0 Å². The van der Waals surface area contributed by atoms with Crippen LogP contribution in [0.4, 0.5) is 0 Å². The molecule has 0 heterocycles. The summed E-state index contributed by atoms with van der Waals surface area (Å²) in [5.41, 5.74) is 22.2. The van der Waals surface area contributed by atoms with E-state index < -0.39 is 0 Å². The van der Waals surface area contributed by atoms with E-state index in [1.807, 2.05) is 0 Å². The molecular weight excluding hydrogens is 540 g/mol. The molecule has 0 bridgehead atoms. The van der Waals surface area contributed by atoms with Crippen LogP contribution in [0.25, 0.3) is 65.7 Å². The van der Waals surface area contributed by atoms with Crippen LogP contribution in [-0.4, -0.2) is 0 Å². The van der Waals surface area contributed by atoms with Crippen LogP contribution < -0.4 is 0 Å². The van der Waals surface area contributed by atoms with Gasteiger partial charge in [0.25, 0.3) is 0 Å². The molecule has 0 N–H and O–H groups in total. The second-order valence-electron chi connectivity index (χ2n) is 13.5. The summed E-state index contributed by atoms with van der Waals surface area (Å²) in [4.78, 5) is 0. The molecule has 0 aliphatic heterocycles. The third-order valence-electron chi connectivity index (χ3n) is 11.5. The highest BCUT2D eigenvalue weighted by Gasteiger charge is 2.27. The maximum absolute atomic E-state index is 2.50. The van der Waals surface area contributed by atoms with Gasteiger partial charge in [-0.25, -0.2) is 0 Å². The normalized spacial score (nSPS) is 12.4. The van der Waals surface area contributed by atoms with Crippen LogP contribution in [0.15, 0.2) is 84.9 Å². The van der Waals surface area contributed by atoms with Gasteiger partial charge in [0, 0.05) is 0 Å². The van der Waals surface area contributed by atoms with E-state index in [0.717, 1.165) is 6.42 Å². The lowest BCUT2D eigenvalue weighted by atomic mass is 9.76. The fourth-order valence-corrected chi connectivity index (χ4v) is 8.41. The summed E-state index contributed by atoms with van der Waals surface area (Å²) in [6, 6.07) is 32.0. The quantitative estimate of drug-likeness (QED) is 0.178. The summed E-state index contributed by atoms with van der Waals surface area (Å²) in [7, 11) is 0. The monoisotopic (exact) mass is 580 g/mol. The second kappa shape index (κ2) is 9.91. The molecular formula is C45H40. The fourth-order valence-electron chi connectivity index (χ4n) is 8.41. The van der Waals surface area contributed by atoms with Crippen molar-refractivity contribution in [3.8, 4) is 33.4 Å². The van der Waals surface area contributed by atoms with Gasteiger partial charge in [-0.05, 0) is 189 Å². The Bertz CT molecular complexity index is 2330. The first kappa shape index (κ1) is 27.8. The lowest BCUT2D eigenvalue weighted by Crippen LogP contribution is -2.04. The highest BCUT2D eigenvalue weighted by Crippen LogP contribution is 2.52. The average molecular weight is 581 g/mol. The van der Waals surface area contributed by atoms with E-state index in [0.29, 0.717) is 0 Å². The number of fused-ring (bicyclic) bond motifs is 6. The van der Waals surface area contributed by atoms with Crippen molar-refractivity contribution in [3.63, 3.8) is 0 Å². The van der Waals surface area contributed by atoms with Gasteiger partial charge in [0.15, 0.2) is 0 Å². The molecule has 1 aliphatic rings. The summed E-state index contributed by atoms with van der Waals surface area (Å²) in [5.74, 6) is 0. The summed E-state index contributed by atoms with van der Waals surface area (Å²) in [5, 5.41) is 8.22. The number of aryl methyl sites for hydroxylation is 4. The molecule has 7 aromatic carbocycles. The molecule has 8 rings (SSSR count). The minimum Gasteiger partial charge on any atom is -0.0619 e. The van der Waals surface area contributed by atoms with Gasteiger partial charge in [-0.2, -0.15) is 0 Å². The number of hydrogen-bond donors (Lipinski definition) is 0. The molecule has 0 saturated carbocycles. The standard InChI is InChI=1S/C45H40/c1-24-26(3)30(7)42-40(28(24)5)44(35-21-20-34-22-33-15-10-12-18-37(33)39(34)23-35)41-29(6)25(2)27(4)31(8)43(41)45(42)38-19-13-16-32-14-9-11-17-36(32)38/h9-21,23H,22H2,1-8H3. The lowest BCUT2D eigenvalue weighted by molar-refractivity contribution is 1.24. The zero-order valence-electron chi connectivity index (χ0n) is 27.8. The van der Waals surface area contributed by atoms with Crippen molar-refractivity contribution in [2.24, 2.45) is 0 Å². The molecule has 0 atom stereocenters. The van der Waals surface area contributed by atoms with E-state index >= 15 is 0 Å². The van der Waals surface area contributed by atoms with E-state index in [4.69, 9.17) is 0 Å². The molecule has 7 aromatic rings. The summed E-state index contributed by atoms with van der Waals surface area (Å²) in [6.07, 6.45) is 1.01. The summed E-state index contributed by atoms with van der Waals surface area (Å²) >= 11 is 0.